The fourth-order valence-electron chi connectivity index (χ4n) is 1.65. The lowest BCUT2D eigenvalue weighted by Gasteiger charge is -2.14. The summed E-state index contributed by atoms with van der Waals surface area (Å²) >= 11 is 2.70. The molecule has 1 aromatic rings. The van der Waals surface area contributed by atoms with Crippen molar-refractivity contribution in [1.29, 1.82) is 0 Å². The quantitative estimate of drug-likeness (QED) is 0.806. The van der Waals surface area contributed by atoms with E-state index >= 15 is 0 Å². The van der Waals surface area contributed by atoms with Gasteiger partial charge < -0.3 is 5.32 Å². The average Bonchev–Trinajstić information content (AvgIpc) is 2.88. The molecule has 0 saturated carbocycles. The Morgan fingerprint density at radius 2 is 2.44 bits per heavy atom. The zero-order valence-corrected chi connectivity index (χ0v) is 12.1. The minimum Gasteiger partial charge on any atom is -0.351 e. The van der Waals surface area contributed by atoms with Gasteiger partial charge in [0, 0.05) is 6.04 Å². The van der Waals surface area contributed by atoms with Gasteiger partial charge in [0.05, 0.1) is 16.8 Å². The van der Waals surface area contributed by atoms with E-state index in [9.17, 15) is 13.2 Å². The lowest BCUT2D eigenvalue weighted by molar-refractivity contribution is -0.120. The maximum Gasteiger partial charge on any atom is 0.233 e. The van der Waals surface area contributed by atoms with Crippen molar-refractivity contribution >= 4 is 38.8 Å². The molecule has 0 aliphatic carbocycles. The van der Waals surface area contributed by atoms with E-state index in [4.69, 9.17) is 0 Å². The van der Waals surface area contributed by atoms with Crippen molar-refractivity contribution < 1.29 is 13.2 Å². The standard InChI is InChI=1S/C9H13N3O3S3/c1-6(17-9-12-10-5-16-9)8(13)11-7-2-3-18(14,15)4-7/h5-7H,2-4H2,1H3,(H,11,13)/t6-,7+/m0/s1. The predicted molar refractivity (Wildman–Crippen MR) is 70.4 cm³/mol. The number of hydrogen-bond donors (Lipinski definition) is 1. The predicted octanol–water partition coefficient (Wildman–Crippen LogP) is 0.322. The van der Waals surface area contributed by atoms with Crippen LogP contribution in [0.15, 0.2) is 9.85 Å². The summed E-state index contributed by atoms with van der Waals surface area (Å²) < 4.78 is 23.3. The molecule has 2 rings (SSSR count). The maximum absolute atomic E-state index is 11.9. The first-order chi connectivity index (χ1) is 8.46. The molecule has 1 amide bonds. The Bertz CT molecular complexity index is 514. The highest BCUT2D eigenvalue weighted by Gasteiger charge is 2.30. The Hall–Kier alpha value is -0.670. The molecular formula is C9H13N3O3S3. The smallest absolute Gasteiger partial charge is 0.233 e. The summed E-state index contributed by atoms with van der Waals surface area (Å²) in [7, 11) is -2.96. The number of nitrogens with zero attached hydrogens (tertiary/aromatic N) is 2. The van der Waals surface area contributed by atoms with Crippen LogP contribution in [0.3, 0.4) is 0 Å². The molecule has 2 heterocycles. The second-order valence-electron chi connectivity index (χ2n) is 4.07. The van der Waals surface area contributed by atoms with E-state index in [1.54, 1.807) is 12.4 Å². The fourth-order valence-corrected chi connectivity index (χ4v) is 4.95. The Labute approximate surface area is 113 Å². The van der Waals surface area contributed by atoms with Gasteiger partial charge in [-0.1, -0.05) is 23.1 Å². The lowest BCUT2D eigenvalue weighted by Crippen LogP contribution is -2.39. The lowest BCUT2D eigenvalue weighted by atomic mass is 10.2. The molecule has 18 heavy (non-hydrogen) atoms. The van der Waals surface area contributed by atoms with Gasteiger partial charge in [0.15, 0.2) is 14.2 Å². The number of aromatic nitrogens is 2. The van der Waals surface area contributed by atoms with Crippen molar-refractivity contribution in [3.8, 4) is 0 Å². The fraction of sp³-hybridized carbons (Fsp3) is 0.667. The molecule has 6 nitrogen and oxygen atoms in total. The monoisotopic (exact) mass is 307 g/mol. The van der Waals surface area contributed by atoms with Crippen molar-refractivity contribution in [2.24, 2.45) is 0 Å². The van der Waals surface area contributed by atoms with Crippen LogP contribution in [-0.2, 0) is 14.6 Å². The molecule has 1 saturated heterocycles. The van der Waals surface area contributed by atoms with Gasteiger partial charge in [-0.2, -0.15) is 0 Å². The highest BCUT2D eigenvalue weighted by Crippen LogP contribution is 2.24. The number of thioether (sulfide) groups is 1. The van der Waals surface area contributed by atoms with E-state index in [-0.39, 0.29) is 28.7 Å². The summed E-state index contributed by atoms with van der Waals surface area (Å²) in [6, 6.07) is -0.250. The van der Waals surface area contributed by atoms with Crippen molar-refractivity contribution in [2.75, 3.05) is 11.5 Å². The maximum atomic E-state index is 11.9. The van der Waals surface area contributed by atoms with Crippen LogP contribution in [0.4, 0.5) is 0 Å². The Balaban J connectivity index is 1.85. The highest BCUT2D eigenvalue weighted by molar-refractivity contribution is 8.02. The average molecular weight is 307 g/mol. The van der Waals surface area contributed by atoms with E-state index in [2.05, 4.69) is 15.5 Å². The number of hydrogen-bond acceptors (Lipinski definition) is 7. The summed E-state index contributed by atoms with van der Waals surface area (Å²) in [6.45, 7) is 1.77. The summed E-state index contributed by atoms with van der Waals surface area (Å²) in [5.41, 5.74) is 1.61. The van der Waals surface area contributed by atoms with Crippen molar-refractivity contribution in [1.82, 2.24) is 15.5 Å². The van der Waals surface area contributed by atoms with Crippen LogP contribution in [0.2, 0.25) is 0 Å². The third kappa shape index (κ3) is 3.66. The molecule has 1 N–H and O–H groups in total. The molecule has 0 bridgehead atoms. The van der Waals surface area contributed by atoms with Crippen LogP contribution in [0.1, 0.15) is 13.3 Å². The first-order valence-electron chi connectivity index (χ1n) is 5.40. The van der Waals surface area contributed by atoms with Crippen LogP contribution in [0.25, 0.3) is 0 Å². The molecule has 9 heteroatoms. The zero-order chi connectivity index (χ0) is 13.2. The van der Waals surface area contributed by atoms with Gasteiger partial charge in [-0.05, 0) is 13.3 Å². The van der Waals surface area contributed by atoms with Crippen LogP contribution in [0, 0.1) is 0 Å². The van der Waals surface area contributed by atoms with Crippen molar-refractivity contribution in [2.45, 2.75) is 29.0 Å². The molecule has 2 atom stereocenters. The summed E-state index contributed by atoms with van der Waals surface area (Å²) in [6.07, 6.45) is 0.504. The molecule has 100 valence electrons. The Morgan fingerprint density at radius 1 is 1.67 bits per heavy atom. The molecular weight excluding hydrogens is 294 g/mol. The third-order valence-corrected chi connectivity index (χ3v) is 6.24. The topological polar surface area (TPSA) is 89.0 Å². The summed E-state index contributed by atoms with van der Waals surface area (Å²) in [5.74, 6) is 0.0578. The van der Waals surface area contributed by atoms with Gasteiger partial charge in [0.2, 0.25) is 5.91 Å². The summed E-state index contributed by atoms with van der Waals surface area (Å²) in [4.78, 5) is 11.9. The van der Waals surface area contributed by atoms with Crippen LogP contribution >= 0.6 is 23.1 Å². The molecule has 1 aromatic heterocycles. The van der Waals surface area contributed by atoms with Crippen LogP contribution < -0.4 is 5.32 Å². The molecule has 0 unspecified atom stereocenters. The third-order valence-electron chi connectivity index (χ3n) is 2.57. The molecule has 0 radical (unpaired) electrons. The number of carbonyl (C=O) groups is 1. The minimum absolute atomic E-state index is 0.0505. The van der Waals surface area contributed by atoms with Gasteiger partial charge in [0.25, 0.3) is 0 Å². The Morgan fingerprint density at radius 3 is 3.00 bits per heavy atom. The zero-order valence-electron chi connectivity index (χ0n) is 9.70. The van der Waals surface area contributed by atoms with Gasteiger partial charge in [-0.3, -0.25) is 4.79 Å². The molecule has 0 aromatic carbocycles. The van der Waals surface area contributed by atoms with E-state index in [0.717, 1.165) is 4.34 Å². The van der Waals surface area contributed by atoms with Crippen molar-refractivity contribution in [3.05, 3.63) is 5.51 Å². The van der Waals surface area contributed by atoms with Gasteiger partial charge in [-0.25, -0.2) is 8.42 Å². The molecule has 1 aliphatic heterocycles. The number of amides is 1. The number of sulfone groups is 1. The number of nitrogens with one attached hydrogen (secondary N) is 1. The summed E-state index contributed by atoms with van der Waals surface area (Å²) in [5, 5.41) is 10.0. The minimum atomic E-state index is -2.96. The SMILES string of the molecule is C[C@H](Sc1nncs1)C(=O)N[C@@H]1CCS(=O)(=O)C1. The second kappa shape index (κ2) is 5.54. The molecule has 1 fully saturated rings. The van der Waals surface area contributed by atoms with Gasteiger partial charge >= 0.3 is 0 Å². The second-order valence-corrected chi connectivity index (χ2v) is 8.72. The van der Waals surface area contributed by atoms with Crippen molar-refractivity contribution in [3.63, 3.8) is 0 Å². The van der Waals surface area contributed by atoms with E-state index in [1.807, 2.05) is 0 Å². The first-order valence-corrected chi connectivity index (χ1v) is 8.98. The highest BCUT2D eigenvalue weighted by atomic mass is 32.2. The largest absolute Gasteiger partial charge is 0.351 e. The van der Waals surface area contributed by atoms with E-state index < -0.39 is 9.84 Å². The number of carbonyl (C=O) groups excluding carboxylic acids is 1. The van der Waals surface area contributed by atoms with Crippen LogP contribution in [-0.4, -0.2) is 47.3 Å². The molecule has 1 aliphatic rings. The first kappa shape index (κ1) is 13.8. The van der Waals surface area contributed by atoms with Crippen LogP contribution in [0.5, 0.6) is 0 Å². The van der Waals surface area contributed by atoms with Gasteiger partial charge in [-0.15, -0.1) is 10.2 Å². The normalized spacial score (nSPS) is 23.7. The van der Waals surface area contributed by atoms with E-state index in [0.29, 0.717) is 6.42 Å². The molecule has 0 spiro atoms. The number of rotatable bonds is 4. The van der Waals surface area contributed by atoms with E-state index in [1.165, 1.54) is 23.1 Å². The Kier molecular flexibility index (Phi) is 4.23. The van der Waals surface area contributed by atoms with Gasteiger partial charge in [0.1, 0.15) is 5.51 Å².